The summed E-state index contributed by atoms with van der Waals surface area (Å²) < 4.78 is 5.44. The van der Waals surface area contributed by atoms with E-state index in [2.05, 4.69) is 7.28 Å². The van der Waals surface area contributed by atoms with Gasteiger partial charge in [-0.25, -0.2) is 0 Å². The van der Waals surface area contributed by atoms with Crippen molar-refractivity contribution in [3.05, 3.63) is 0 Å². The Balaban J connectivity index is 2.09. The average Bonchev–Trinajstić information content (AvgIpc) is 2.24. The second-order valence-electron chi connectivity index (χ2n) is 3.57. The Morgan fingerprint density at radius 1 is 1.45 bits per heavy atom. The van der Waals surface area contributed by atoms with Crippen molar-refractivity contribution in [3.8, 4) is 0 Å². The molecule has 2 atom stereocenters. The fourth-order valence-electron chi connectivity index (χ4n) is 2.12. The van der Waals surface area contributed by atoms with Gasteiger partial charge < -0.3 is 9.84 Å². The second-order valence-corrected chi connectivity index (χ2v) is 3.57. The van der Waals surface area contributed by atoms with Gasteiger partial charge in [0.05, 0.1) is 0 Å². The fourth-order valence-corrected chi connectivity index (χ4v) is 2.12. The molecule has 1 aliphatic carbocycles. The molecule has 0 aromatic rings. The number of hydrogen-bond acceptors (Lipinski definition) is 2. The summed E-state index contributed by atoms with van der Waals surface area (Å²) in [6.07, 6.45) is 5.22. The summed E-state index contributed by atoms with van der Waals surface area (Å²) in [5, 5.41) is 9.94. The molecule has 0 spiro atoms. The average molecular weight is 153 g/mol. The molecule has 1 heterocycles. The first-order valence-electron chi connectivity index (χ1n) is 4.51. The van der Waals surface area contributed by atoms with Crippen molar-refractivity contribution in [3.63, 3.8) is 0 Å². The van der Waals surface area contributed by atoms with Gasteiger partial charge in [0.2, 0.25) is 0 Å². The van der Waals surface area contributed by atoms with Crippen molar-refractivity contribution in [2.75, 3.05) is 6.61 Å². The molecule has 0 amide bonds. The third-order valence-corrected chi connectivity index (χ3v) is 2.78. The molecule has 11 heavy (non-hydrogen) atoms. The van der Waals surface area contributed by atoms with E-state index >= 15 is 0 Å². The molecule has 1 radical (unpaired) electrons. The lowest BCUT2D eigenvalue weighted by Gasteiger charge is -2.27. The lowest BCUT2D eigenvalue weighted by atomic mass is 9.59. The SMILES string of the molecule is OC12CCCC1[B]CCCO2. The number of hydrogen-bond donors (Lipinski definition) is 1. The van der Waals surface area contributed by atoms with Crippen molar-refractivity contribution in [1.82, 2.24) is 0 Å². The second kappa shape index (κ2) is 2.79. The highest BCUT2D eigenvalue weighted by molar-refractivity contribution is 6.38. The molecular weight excluding hydrogens is 139 g/mol. The van der Waals surface area contributed by atoms with Gasteiger partial charge in [-0.2, -0.15) is 0 Å². The maximum Gasteiger partial charge on any atom is 0.161 e. The first-order chi connectivity index (χ1) is 5.31. The van der Waals surface area contributed by atoms with Crippen molar-refractivity contribution in [1.29, 1.82) is 0 Å². The van der Waals surface area contributed by atoms with Gasteiger partial charge in [0, 0.05) is 13.0 Å². The van der Waals surface area contributed by atoms with Gasteiger partial charge >= 0.3 is 0 Å². The third-order valence-electron chi connectivity index (χ3n) is 2.78. The highest BCUT2D eigenvalue weighted by Gasteiger charge is 2.42. The van der Waals surface area contributed by atoms with E-state index < -0.39 is 5.79 Å². The molecule has 2 rings (SSSR count). The molecule has 0 aromatic carbocycles. The molecule has 2 fully saturated rings. The Kier molecular flexibility index (Phi) is 1.94. The Morgan fingerprint density at radius 3 is 3.27 bits per heavy atom. The predicted octanol–water partition coefficient (Wildman–Crippen LogP) is 1.19. The topological polar surface area (TPSA) is 29.5 Å². The lowest BCUT2D eigenvalue weighted by molar-refractivity contribution is -0.194. The third kappa shape index (κ3) is 1.32. The molecule has 61 valence electrons. The highest BCUT2D eigenvalue weighted by atomic mass is 16.6. The summed E-state index contributed by atoms with van der Waals surface area (Å²) in [5.41, 5.74) is 0. The quantitative estimate of drug-likeness (QED) is 0.529. The molecule has 2 nitrogen and oxygen atoms in total. The number of fused-ring (bicyclic) bond motifs is 1. The van der Waals surface area contributed by atoms with Crippen LogP contribution in [0.4, 0.5) is 0 Å². The minimum Gasteiger partial charge on any atom is -0.366 e. The van der Waals surface area contributed by atoms with Gasteiger partial charge in [-0.1, -0.05) is 12.7 Å². The summed E-state index contributed by atoms with van der Waals surface area (Å²) in [5.74, 6) is -0.471. The molecule has 0 aromatic heterocycles. The van der Waals surface area contributed by atoms with Crippen LogP contribution >= 0.6 is 0 Å². The number of ether oxygens (including phenoxy) is 1. The van der Waals surface area contributed by atoms with E-state index in [1.165, 1.54) is 0 Å². The van der Waals surface area contributed by atoms with Gasteiger partial charge in [0.1, 0.15) is 7.28 Å². The molecule has 1 saturated carbocycles. The Morgan fingerprint density at radius 2 is 2.36 bits per heavy atom. The monoisotopic (exact) mass is 153 g/mol. The zero-order valence-electron chi connectivity index (χ0n) is 6.75. The van der Waals surface area contributed by atoms with Crippen LogP contribution in [0.25, 0.3) is 0 Å². The maximum atomic E-state index is 9.94. The normalized spacial score (nSPS) is 44.3. The van der Waals surface area contributed by atoms with Gasteiger partial charge in [-0.05, 0) is 18.7 Å². The molecular formula is C8H14BO2. The van der Waals surface area contributed by atoms with E-state index in [4.69, 9.17) is 4.74 Å². The van der Waals surface area contributed by atoms with E-state index in [-0.39, 0.29) is 0 Å². The Hall–Kier alpha value is -0.0151. The largest absolute Gasteiger partial charge is 0.366 e. The van der Waals surface area contributed by atoms with Crippen molar-refractivity contribution < 1.29 is 9.84 Å². The molecule has 2 aliphatic rings. The zero-order chi connectivity index (χ0) is 7.73. The fraction of sp³-hybridized carbons (Fsp3) is 1.00. The molecule has 2 unspecified atom stereocenters. The van der Waals surface area contributed by atoms with Crippen LogP contribution in [0.2, 0.25) is 12.1 Å². The Labute approximate surface area is 68.2 Å². The van der Waals surface area contributed by atoms with Gasteiger partial charge in [-0.3, -0.25) is 0 Å². The molecule has 1 N–H and O–H groups in total. The summed E-state index contributed by atoms with van der Waals surface area (Å²) in [6, 6.07) is 0. The summed E-state index contributed by atoms with van der Waals surface area (Å²) in [7, 11) is 2.24. The van der Waals surface area contributed by atoms with Gasteiger partial charge in [0.15, 0.2) is 5.79 Å². The number of aliphatic hydroxyl groups is 1. The number of rotatable bonds is 0. The first kappa shape index (κ1) is 7.62. The standard InChI is InChI=1S/C8H14BO2/c10-8-4-1-3-7(8)9-5-2-6-11-8/h7,10H,1-6H2. The molecule has 1 saturated heterocycles. The van der Waals surface area contributed by atoms with Crippen LogP contribution in [-0.4, -0.2) is 24.8 Å². The summed E-state index contributed by atoms with van der Waals surface area (Å²) in [4.78, 5) is 0. The minimum atomic E-state index is -0.781. The minimum absolute atomic E-state index is 0.310. The van der Waals surface area contributed by atoms with Crippen LogP contribution in [0.15, 0.2) is 0 Å². The van der Waals surface area contributed by atoms with Crippen LogP contribution in [-0.2, 0) is 4.74 Å². The summed E-state index contributed by atoms with van der Waals surface area (Å²) in [6.45, 7) is 0.726. The van der Waals surface area contributed by atoms with Crippen LogP contribution in [0.1, 0.15) is 25.7 Å². The van der Waals surface area contributed by atoms with E-state index in [0.29, 0.717) is 5.82 Å². The van der Waals surface area contributed by atoms with Crippen molar-refractivity contribution in [2.24, 2.45) is 0 Å². The van der Waals surface area contributed by atoms with Crippen molar-refractivity contribution >= 4 is 7.28 Å². The molecule has 3 heteroatoms. The van der Waals surface area contributed by atoms with E-state index in [1.54, 1.807) is 0 Å². The van der Waals surface area contributed by atoms with E-state index in [0.717, 1.165) is 38.6 Å². The maximum absolute atomic E-state index is 9.94. The zero-order valence-corrected chi connectivity index (χ0v) is 6.75. The molecule has 0 bridgehead atoms. The van der Waals surface area contributed by atoms with Gasteiger partial charge in [-0.15, -0.1) is 0 Å². The van der Waals surface area contributed by atoms with Crippen molar-refractivity contribution in [2.45, 2.75) is 43.6 Å². The first-order valence-corrected chi connectivity index (χ1v) is 4.51. The smallest absolute Gasteiger partial charge is 0.161 e. The lowest BCUT2D eigenvalue weighted by Crippen LogP contribution is -2.33. The van der Waals surface area contributed by atoms with E-state index in [9.17, 15) is 5.11 Å². The predicted molar refractivity (Wildman–Crippen MR) is 43.7 cm³/mol. The van der Waals surface area contributed by atoms with Crippen LogP contribution in [0, 0.1) is 0 Å². The Bertz CT molecular complexity index is 151. The van der Waals surface area contributed by atoms with E-state index in [1.807, 2.05) is 0 Å². The highest BCUT2D eigenvalue weighted by Crippen LogP contribution is 2.42. The van der Waals surface area contributed by atoms with Crippen LogP contribution < -0.4 is 0 Å². The van der Waals surface area contributed by atoms with Gasteiger partial charge in [0.25, 0.3) is 0 Å². The van der Waals surface area contributed by atoms with Crippen LogP contribution in [0.3, 0.4) is 0 Å². The molecule has 1 aliphatic heterocycles. The van der Waals surface area contributed by atoms with Crippen LogP contribution in [0.5, 0.6) is 0 Å². The summed E-state index contributed by atoms with van der Waals surface area (Å²) >= 11 is 0.